The molecule has 0 saturated heterocycles. The van der Waals surface area contributed by atoms with Gasteiger partial charge in [0.15, 0.2) is 0 Å². The van der Waals surface area contributed by atoms with Gasteiger partial charge in [-0.05, 0) is 37.4 Å². The first-order valence-corrected chi connectivity index (χ1v) is 6.97. The molecule has 2 heteroatoms. The van der Waals surface area contributed by atoms with Crippen molar-refractivity contribution < 1.29 is 0 Å². The summed E-state index contributed by atoms with van der Waals surface area (Å²) in [5.41, 5.74) is 1.35. The average molecular weight is 294 g/mol. The average Bonchev–Trinajstić information content (AvgIpc) is 2.35. The molecule has 0 aliphatic carbocycles. The van der Waals surface area contributed by atoms with Crippen LogP contribution >= 0.6 is 15.9 Å². The molecule has 0 radical (unpaired) electrons. The molecule has 0 aliphatic heterocycles. The molecule has 0 aromatic heterocycles. The monoisotopic (exact) mass is 293 g/mol. The first-order valence-electron chi connectivity index (χ1n) is 6.18. The number of benzene rings is 1. The van der Waals surface area contributed by atoms with Crippen molar-refractivity contribution in [2.45, 2.75) is 38.6 Å². The fourth-order valence-corrected chi connectivity index (χ4v) is 2.26. The van der Waals surface area contributed by atoms with Crippen LogP contribution in [0.15, 0.2) is 28.7 Å². The molecule has 1 rings (SSSR count). The molecular weight excluding hydrogens is 274 g/mol. The van der Waals surface area contributed by atoms with E-state index in [0.717, 1.165) is 32.2 Å². The van der Waals surface area contributed by atoms with E-state index in [1.54, 1.807) is 0 Å². The van der Waals surface area contributed by atoms with Gasteiger partial charge in [0.1, 0.15) is 0 Å². The lowest BCUT2D eigenvalue weighted by atomic mass is 10.0. The molecule has 0 heterocycles. The third kappa shape index (κ3) is 5.39. The Balaban J connectivity index is 2.58. The van der Waals surface area contributed by atoms with Crippen LogP contribution < -0.4 is 5.32 Å². The summed E-state index contributed by atoms with van der Waals surface area (Å²) in [6.45, 7) is 3.24. The highest BCUT2D eigenvalue weighted by atomic mass is 79.9. The minimum absolute atomic E-state index is 0.477. The fraction of sp³-hybridized carbons (Fsp3) is 0.467. The zero-order valence-corrected chi connectivity index (χ0v) is 12.0. The molecule has 0 fully saturated rings. The van der Waals surface area contributed by atoms with Gasteiger partial charge in [0, 0.05) is 16.9 Å². The van der Waals surface area contributed by atoms with Gasteiger partial charge in [-0.2, -0.15) is 0 Å². The topological polar surface area (TPSA) is 12.0 Å². The summed E-state index contributed by atoms with van der Waals surface area (Å²) in [5.74, 6) is 2.72. The molecule has 1 aromatic carbocycles. The molecule has 0 bridgehead atoms. The second-order valence-corrected chi connectivity index (χ2v) is 5.04. The molecule has 0 aliphatic rings. The normalized spacial score (nSPS) is 12.1. The van der Waals surface area contributed by atoms with Gasteiger partial charge in [-0.25, -0.2) is 0 Å². The lowest BCUT2D eigenvalue weighted by molar-refractivity contribution is 0.482. The summed E-state index contributed by atoms with van der Waals surface area (Å²) < 4.78 is 1.18. The fourth-order valence-electron chi connectivity index (χ4n) is 1.81. The van der Waals surface area contributed by atoms with Crippen molar-refractivity contribution in [3.05, 3.63) is 34.3 Å². The maximum Gasteiger partial charge on any atom is 0.0207 e. The number of nitrogens with one attached hydrogen (secondary N) is 1. The van der Waals surface area contributed by atoms with E-state index in [1.165, 1.54) is 10.0 Å². The molecule has 1 nitrogen and oxygen atoms in total. The van der Waals surface area contributed by atoms with Crippen LogP contribution in [0.3, 0.4) is 0 Å². The third-order valence-electron chi connectivity index (χ3n) is 2.74. The van der Waals surface area contributed by atoms with Crippen LogP contribution in [0.4, 0.5) is 0 Å². The Labute approximate surface area is 113 Å². The summed E-state index contributed by atoms with van der Waals surface area (Å²) in [4.78, 5) is 0. The Bertz CT molecular complexity index is 367. The summed E-state index contributed by atoms with van der Waals surface area (Å²) >= 11 is 3.59. The second kappa shape index (κ2) is 8.33. The SMILES string of the molecule is C#CCCC(Cc1ccccc1Br)NCCC. The van der Waals surface area contributed by atoms with Gasteiger partial charge in [0.05, 0.1) is 0 Å². The highest BCUT2D eigenvalue weighted by molar-refractivity contribution is 9.10. The highest BCUT2D eigenvalue weighted by Gasteiger charge is 2.09. The van der Waals surface area contributed by atoms with E-state index in [-0.39, 0.29) is 0 Å². The molecule has 0 amide bonds. The van der Waals surface area contributed by atoms with Gasteiger partial charge in [-0.1, -0.05) is 41.1 Å². The van der Waals surface area contributed by atoms with Crippen LogP contribution in [0.2, 0.25) is 0 Å². The quantitative estimate of drug-likeness (QED) is 0.755. The lowest BCUT2D eigenvalue weighted by Gasteiger charge is -2.18. The van der Waals surface area contributed by atoms with Crippen molar-refractivity contribution in [1.82, 2.24) is 5.32 Å². The van der Waals surface area contributed by atoms with Crippen LogP contribution in [0.25, 0.3) is 0 Å². The van der Waals surface area contributed by atoms with Gasteiger partial charge in [-0.3, -0.25) is 0 Å². The minimum Gasteiger partial charge on any atom is -0.314 e. The second-order valence-electron chi connectivity index (χ2n) is 4.19. The Kier molecular flexibility index (Phi) is 7.00. The van der Waals surface area contributed by atoms with Gasteiger partial charge in [-0.15, -0.1) is 12.3 Å². The van der Waals surface area contributed by atoms with E-state index in [9.17, 15) is 0 Å². The maximum atomic E-state index is 5.34. The Morgan fingerprint density at radius 3 is 2.82 bits per heavy atom. The van der Waals surface area contributed by atoms with Gasteiger partial charge in [0.25, 0.3) is 0 Å². The first-order chi connectivity index (χ1) is 8.27. The first kappa shape index (κ1) is 14.3. The van der Waals surface area contributed by atoms with E-state index in [4.69, 9.17) is 6.42 Å². The predicted molar refractivity (Wildman–Crippen MR) is 78.0 cm³/mol. The Morgan fingerprint density at radius 1 is 1.41 bits per heavy atom. The maximum absolute atomic E-state index is 5.34. The largest absolute Gasteiger partial charge is 0.314 e. The highest BCUT2D eigenvalue weighted by Crippen LogP contribution is 2.18. The van der Waals surface area contributed by atoms with Gasteiger partial charge >= 0.3 is 0 Å². The van der Waals surface area contributed by atoms with Crippen LogP contribution in [-0.2, 0) is 6.42 Å². The molecule has 0 spiro atoms. The van der Waals surface area contributed by atoms with Crippen molar-refractivity contribution in [3.8, 4) is 12.3 Å². The predicted octanol–water partition coefficient (Wildman–Crippen LogP) is 3.77. The van der Waals surface area contributed by atoms with Crippen molar-refractivity contribution in [3.63, 3.8) is 0 Å². The van der Waals surface area contributed by atoms with Crippen LogP contribution in [-0.4, -0.2) is 12.6 Å². The Morgan fingerprint density at radius 2 is 2.18 bits per heavy atom. The summed E-state index contributed by atoms with van der Waals surface area (Å²) in [7, 11) is 0. The zero-order valence-electron chi connectivity index (χ0n) is 10.4. The number of terminal acetylenes is 1. The van der Waals surface area contributed by atoms with Gasteiger partial charge in [0.2, 0.25) is 0 Å². The summed E-state index contributed by atoms with van der Waals surface area (Å²) in [6, 6.07) is 8.86. The number of rotatable bonds is 7. The van der Waals surface area contributed by atoms with E-state index in [2.05, 4.69) is 52.3 Å². The van der Waals surface area contributed by atoms with Crippen molar-refractivity contribution in [2.24, 2.45) is 0 Å². The van der Waals surface area contributed by atoms with Gasteiger partial charge < -0.3 is 5.32 Å². The molecule has 1 aromatic rings. The molecule has 17 heavy (non-hydrogen) atoms. The molecule has 0 saturated carbocycles. The third-order valence-corrected chi connectivity index (χ3v) is 3.52. The van der Waals surface area contributed by atoms with Crippen LogP contribution in [0, 0.1) is 12.3 Å². The summed E-state index contributed by atoms with van der Waals surface area (Å²) in [6.07, 6.45) is 9.41. The van der Waals surface area contributed by atoms with Crippen molar-refractivity contribution in [1.29, 1.82) is 0 Å². The number of hydrogen-bond donors (Lipinski definition) is 1. The zero-order chi connectivity index (χ0) is 12.5. The smallest absolute Gasteiger partial charge is 0.0207 e. The molecule has 1 unspecified atom stereocenters. The molecular formula is C15H20BrN. The van der Waals surface area contributed by atoms with Crippen molar-refractivity contribution >= 4 is 15.9 Å². The van der Waals surface area contributed by atoms with E-state index < -0.39 is 0 Å². The minimum atomic E-state index is 0.477. The summed E-state index contributed by atoms with van der Waals surface area (Å²) in [5, 5.41) is 3.56. The van der Waals surface area contributed by atoms with E-state index in [1.807, 2.05) is 6.07 Å². The number of halogens is 1. The molecule has 92 valence electrons. The van der Waals surface area contributed by atoms with Crippen LogP contribution in [0.5, 0.6) is 0 Å². The molecule has 1 N–H and O–H groups in total. The van der Waals surface area contributed by atoms with Crippen LogP contribution in [0.1, 0.15) is 31.7 Å². The van der Waals surface area contributed by atoms with E-state index >= 15 is 0 Å². The Hall–Kier alpha value is -0.780. The van der Waals surface area contributed by atoms with E-state index in [0.29, 0.717) is 6.04 Å². The standard InChI is InChI=1S/C15H20BrN/c1-3-5-9-14(17-11-4-2)12-13-8-6-7-10-15(13)16/h1,6-8,10,14,17H,4-5,9,11-12H2,2H3. The number of hydrogen-bond acceptors (Lipinski definition) is 1. The van der Waals surface area contributed by atoms with Crippen molar-refractivity contribution in [2.75, 3.05) is 6.54 Å². The lowest BCUT2D eigenvalue weighted by Crippen LogP contribution is -2.31. The molecule has 1 atom stereocenters.